The minimum Gasteiger partial charge on any atom is -0.467 e. The number of rotatable bonds is 6. The molecule has 3 heterocycles. The molecule has 24 heavy (non-hydrogen) atoms. The number of nitrogens with two attached hydrogens (primary N) is 1. The van der Waals surface area contributed by atoms with Gasteiger partial charge in [-0.15, -0.1) is 0 Å². The molecule has 1 aliphatic heterocycles. The van der Waals surface area contributed by atoms with Crippen LogP contribution < -0.4 is 10.5 Å². The molecule has 3 rings (SSSR count). The molecule has 7 heteroatoms. The zero-order chi connectivity index (χ0) is 16.8. The Morgan fingerprint density at radius 1 is 1.29 bits per heavy atom. The Bertz CT molecular complexity index is 650. The summed E-state index contributed by atoms with van der Waals surface area (Å²) in [5, 5.41) is 0. The van der Waals surface area contributed by atoms with Gasteiger partial charge in [0.05, 0.1) is 19.8 Å². The molecular weight excluding hydrogens is 306 g/mol. The minimum absolute atomic E-state index is 0.229. The summed E-state index contributed by atoms with van der Waals surface area (Å²) >= 11 is 0. The third-order valence-electron chi connectivity index (χ3n) is 4.09. The van der Waals surface area contributed by atoms with Crippen LogP contribution >= 0.6 is 0 Å². The number of aromatic nitrogens is 3. The largest absolute Gasteiger partial charge is 0.467 e. The van der Waals surface area contributed by atoms with Gasteiger partial charge >= 0.3 is 6.01 Å². The number of hydrogen-bond acceptors (Lipinski definition) is 7. The van der Waals surface area contributed by atoms with Gasteiger partial charge in [0, 0.05) is 43.8 Å². The lowest BCUT2D eigenvalue weighted by molar-refractivity contribution is -0.0346. The van der Waals surface area contributed by atoms with Gasteiger partial charge in [0.25, 0.3) is 0 Å². The van der Waals surface area contributed by atoms with Crippen LogP contribution in [0.3, 0.4) is 0 Å². The summed E-state index contributed by atoms with van der Waals surface area (Å²) in [4.78, 5) is 14.7. The average molecular weight is 329 g/mol. The normalized spacial score (nSPS) is 18.5. The SMILES string of the molecule is COc1ncc(CN2CCO[C@@H](CCc3ccnc(N)c3)C2)cn1. The Balaban J connectivity index is 1.50. The van der Waals surface area contributed by atoms with E-state index in [1.54, 1.807) is 13.3 Å². The molecule has 1 aliphatic rings. The second-order valence-corrected chi connectivity index (χ2v) is 5.93. The van der Waals surface area contributed by atoms with Crippen molar-refractivity contribution in [3.63, 3.8) is 0 Å². The Kier molecular flexibility index (Phi) is 5.55. The van der Waals surface area contributed by atoms with Crippen LogP contribution in [0.25, 0.3) is 0 Å². The lowest BCUT2D eigenvalue weighted by Crippen LogP contribution is -2.42. The first-order valence-corrected chi connectivity index (χ1v) is 8.12. The summed E-state index contributed by atoms with van der Waals surface area (Å²) < 4.78 is 10.9. The molecule has 0 amide bonds. The Morgan fingerprint density at radius 2 is 2.12 bits per heavy atom. The molecule has 0 aromatic carbocycles. The number of nitrogen functional groups attached to an aromatic ring is 1. The van der Waals surface area contributed by atoms with E-state index >= 15 is 0 Å². The van der Waals surface area contributed by atoms with Crippen LogP contribution in [0.15, 0.2) is 30.7 Å². The van der Waals surface area contributed by atoms with Crippen molar-refractivity contribution < 1.29 is 9.47 Å². The third kappa shape index (κ3) is 4.62. The van der Waals surface area contributed by atoms with Crippen LogP contribution in [0.4, 0.5) is 5.82 Å². The van der Waals surface area contributed by atoms with Gasteiger partial charge in [0.2, 0.25) is 0 Å². The van der Waals surface area contributed by atoms with Gasteiger partial charge in [-0.2, -0.15) is 0 Å². The predicted octanol–water partition coefficient (Wildman–Crippen LogP) is 1.30. The van der Waals surface area contributed by atoms with Gasteiger partial charge in [-0.25, -0.2) is 15.0 Å². The zero-order valence-corrected chi connectivity index (χ0v) is 13.9. The molecule has 2 N–H and O–H groups in total. The van der Waals surface area contributed by atoms with Gasteiger partial charge in [-0.3, -0.25) is 4.90 Å². The van der Waals surface area contributed by atoms with E-state index in [2.05, 4.69) is 19.9 Å². The third-order valence-corrected chi connectivity index (χ3v) is 4.09. The number of morpholine rings is 1. The van der Waals surface area contributed by atoms with E-state index in [1.165, 1.54) is 5.56 Å². The van der Waals surface area contributed by atoms with E-state index in [1.807, 2.05) is 24.5 Å². The molecule has 128 valence electrons. The number of ether oxygens (including phenoxy) is 2. The van der Waals surface area contributed by atoms with Crippen molar-refractivity contribution in [1.29, 1.82) is 0 Å². The van der Waals surface area contributed by atoms with Crippen LogP contribution in [0.2, 0.25) is 0 Å². The molecule has 0 unspecified atom stereocenters. The highest BCUT2D eigenvalue weighted by Crippen LogP contribution is 2.15. The maximum atomic E-state index is 5.89. The topological polar surface area (TPSA) is 86.4 Å². The fraction of sp³-hybridized carbons (Fsp3) is 0.471. The summed E-state index contributed by atoms with van der Waals surface area (Å²) in [6, 6.07) is 4.33. The van der Waals surface area contributed by atoms with E-state index in [0.717, 1.165) is 44.6 Å². The fourth-order valence-corrected chi connectivity index (χ4v) is 2.86. The summed E-state index contributed by atoms with van der Waals surface area (Å²) in [7, 11) is 1.57. The summed E-state index contributed by atoms with van der Waals surface area (Å²) in [5.74, 6) is 0.568. The van der Waals surface area contributed by atoms with Gasteiger partial charge in [0.1, 0.15) is 5.82 Å². The van der Waals surface area contributed by atoms with Crippen LogP contribution in [0.5, 0.6) is 6.01 Å². The molecule has 1 atom stereocenters. The standard InChI is InChI=1S/C17H23N5O2/c1-23-17-20-9-14(10-21-17)11-22-6-7-24-15(12-22)3-2-13-4-5-19-16(18)8-13/h4-5,8-10,15H,2-3,6-7,11-12H2,1H3,(H2,18,19)/t15-/m0/s1. The Morgan fingerprint density at radius 3 is 2.88 bits per heavy atom. The Labute approximate surface area is 141 Å². The minimum atomic E-state index is 0.229. The molecule has 0 spiro atoms. The molecular formula is C17H23N5O2. The number of anilines is 1. The number of aryl methyl sites for hydroxylation is 1. The van der Waals surface area contributed by atoms with Gasteiger partial charge in [-0.05, 0) is 30.5 Å². The quantitative estimate of drug-likeness (QED) is 0.854. The molecule has 0 aliphatic carbocycles. The smallest absolute Gasteiger partial charge is 0.316 e. The highest BCUT2D eigenvalue weighted by molar-refractivity contribution is 5.31. The van der Waals surface area contributed by atoms with Crippen LogP contribution in [-0.2, 0) is 17.7 Å². The lowest BCUT2D eigenvalue weighted by atomic mass is 10.1. The molecule has 1 saturated heterocycles. The maximum Gasteiger partial charge on any atom is 0.316 e. The van der Waals surface area contributed by atoms with E-state index in [-0.39, 0.29) is 6.10 Å². The van der Waals surface area contributed by atoms with E-state index < -0.39 is 0 Å². The number of pyridine rings is 1. The first-order valence-electron chi connectivity index (χ1n) is 8.12. The van der Waals surface area contributed by atoms with Crippen LogP contribution in [0, 0.1) is 0 Å². The van der Waals surface area contributed by atoms with Crippen LogP contribution in [-0.4, -0.2) is 52.8 Å². The molecule has 2 aromatic heterocycles. The number of nitrogens with zero attached hydrogens (tertiary/aromatic N) is 4. The van der Waals surface area contributed by atoms with Crippen LogP contribution in [0.1, 0.15) is 17.5 Å². The van der Waals surface area contributed by atoms with Crippen molar-refractivity contribution in [2.45, 2.75) is 25.5 Å². The average Bonchev–Trinajstić information content (AvgIpc) is 2.61. The predicted molar refractivity (Wildman–Crippen MR) is 90.6 cm³/mol. The van der Waals surface area contributed by atoms with Gasteiger partial charge in [0.15, 0.2) is 0 Å². The molecule has 1 fully saturated rings. The highest BCUT2D eigenvalue weighted by atomic mass is 16.5. The van der Waals surface area contributed by atoms with Crippen molar-refractivity contribution in [1.82, 2.24) is 19.9 Å². The molecule has 0 radical (unpaired) electrons. The summed E-state index contributed by atoms with van der Waals surface area (Å²) in [6.45, 7) is 3.41. The molecule has 0 saturated carbocycles. The second kappa shape index (κ2) is 8.03. The number of methoxy groups -OCH3 is 1. The molecule has 0 bridgehead atoms. The first-order chi connectivity index (χ1) is 11.7. The molecule has 7 nitrogen and oxygen atoms in total. The van der Waals surface area contributed by atoms with Crippen molar-refractivity contribution in [3.05, 3.63) is 41.9 Å². The second-order valence-electron chi connectivity index (χ2n) is 5.93. The Hall–Kier alpha value is -2.25. The fourth-order valence-electron chi connectivity index (χ4n) is 2.86. The van der Waals surface area contributed by atoms with Crippen molar-refractivity contribution in [2.24, 2.45) is 0 Å². The highest BCUT2D eigenvalue weighted by Gasteiger charge is 2.20. The summed E-state index contributed by atoms with van der Waals surface area (Å²) in [5.41, 5.74) is 8.01. The zero-order valence-electron chi connectivity index (χ0n) is 13.9. The van der Waals surface area contributed by atoms with E-state index in [4.69, 9.17) is 15.2 Å². The molecule has 2 aromatic rings. The van der Waals surface area contributed by atoms with Crippen molar-refractivity contribution in [3.8, 4) is 6.01 Å². The monoisotopic (exact) mass is 329 g/mol. The van der Waals surface area contributed by atoms with Gasteiger partial charge < -0.3 is 15.2 Å². The van der Waals surface area contributed by atoms with E-state index in [0.29, 0.717) is 11.8 Å². The summed E-state index contributed by atoms with van der Waals surface area (Å²) in [6.07, 6.45) is 7.53. The maximum absolute atomic E-state index is 5.89. The lowest BCUT2D eigenvalue weighted by Gasteiger charge is -2.33. The van der Waals surface area contributed by atoms with Crippen molar-refractivity contribution in [2.75, 3.05) is 32.5 Å². The first kappa shape index (κ1) is 16.6. The number of hydrogen-bond donors (Lipinski definition) is 1. The van der Waals surface area contributed by atoms with Crippen molar-refractivity contribution >= 4 is 5.82 Å². The van der Waals surface area contributed by atoms with Gasteiger partial charge in [-0.1, -0.05) is 0 Å². The van der Waals surface area contributed by atoms with E-state index in [9.17, 15) is 0 Å².